The zero-order valence-corrected chi connectivity index (χ0v) is 8.64. The van der Waals surface area contributed by atoms with Gasteiger partial charge in [0.25, 0.3) is 6.43 Å². The van der Waals surface area contributed by atoms with Crippen molar-refractivity contribution in [2.75, 3.05) is 0 Å². The highest BCUT2D eigenvalue weighted by atomic mass is 127. The highest BCUT2D eigenvalue weighted by molar-refractivity contribution is 14.1. The van der Waals surface area contributed by atoms with Crippen molar-refractivity contribution >= 4 is 22.6 Å². The number of nitrogens with one attached hydrogen (secondary N) is 1. The van der Waals surface area contributed by atoms with Gasteiger partial charge in [-0.25, -0.2) is 8.78 Å². The molecule has 72 valence electrons. The fourth-order valence-corrected chi connectivity index (χ4v) is 1.60. The molecule has 6 heteroatoms. The van der Waals surface area contributed by atoms with Gasteiger partial charge in [0, 0.05) is 18.3 Å². The number of pyridine rings is 1. The minimum Gasteiger partial charge on any atom is -0.352 e. The van der Waals surface area contributed by atoms with Crippen LogP contribution in [0.2, 0.25) is 0 Å². The Morgan fingerprint density at radius 3 is 2.69 bits per heavy atom. The van der Waals surface area contributed by atoms with Gasteiger partial charge in [-0.2, -0.15) is 0 Å². The highest BCUT2D eigenvalue weighted by Crippen LogP contribution is 2.18. The molecule has 0 unspecified atom stereocenters. The van der Waals surface area contributed by atoms with Gasteiger partial charge in [0.1, 0.15) is 0 Å². The van der Waals surface area contributed by atoms with E-state index in [2.05, 4.69) is 4.98 Å². The maximum Gasteiger partial charge on any atom is 0.269 e. The van der Waals surface area contributed by atoms with E-state index in [4.69, 9.17) is 5.73 Å². The molecular weight excluding hydrogens is 293 g/mol. The summed E-state index contributed by atoms with van der Waals surface area (Å²) < 4.78 is 25.2. The third-order valence-electron chi connectivity index (χ3n) is 1.54. The maximum absolute atomic E-state index is 12.3. The van der Waals surface area contributed by atoms with E-state index in [1.54, 1.807) is 0 Å². The van der Waals surface area contributed by atoms with Crippen LogP contribution in [0.15, 0.2) is 10.9 Å². The van der Waals surface area contributed by atoms with Gasteiger partial charge in [0.2, 0.25) is 0 Å². The molecule has 0 fully saturated rings. The van der Waals surface area contributed by atoms with Gasteiger partial charge in [-0.15, -0.1) is 0 Å². The number of hydrogen-bond acceptors (Lipinski definition) is 2. The maximum atomic E-state index is 12.3. The number of alkyl halides is 2. The number of hydrogen-bond donors (Lipinski definition) is 2. The summed E-state index contributed by atoms with van der Waals surface area (Å²) in [5, 5.41) is 0. The molecule has 1 aromatic heterocycles. The Kier molecular flexibility index (Phi) is 3.37. The molecule has 0 radical (unpaired) electrons. The fourth-order valence-electron chi connectivity index (χ4n) is 0.989. The van der Waals surface area contributed by atoms with Crippen LogP contribution in [-0.2, 0) is 6.54 Å². The van der Waals surface area contributed by atoms with Crippen LogP contribution < -0.4 is 11.2 Å². The largest absolute Gasteiger partial charge is 0.352 e. The second-order valence-corrected chi connectivity index (χ2v) is 3.54. The molecule has 0 spiro atoms. The quantitative estimate of drug-likeness (QED) is 0.640. The van der Waals surface area contributed by atoms with Gasteiger partial charge >= 0.3 is 0 Å². The Bertz CT molecular complexity index is 364. The van der Waals surface area contributed by atoms with Crippen LogP contribution in [0, 0.1) is 3.70 Å². The number of aromatic amines is 1. The zero-order valence-electron chi connectivity index (χ0n) is 6.48. The first-order valence-corrected chi connectivity index (χ1v) is 4.54. The third kappa shape index (κ3) is 2.25. The van der Waals surface area contributed by atoms with E-state index in [0.717, 1.165) is 6.07 Å². The van der Waals surface area contributed by atoms with Crippen LogP contribution in [0.1, 0.15) is 17.7 Å². The third-order valence-corrected chi connectivity index (χ3v) is 2.12. The van der Waals surface area contributed by atoms with Crippen LogP contribution in [0.4, 0.5) is 8.78 Å². The number of aromatic nitrogens is 1. The van der Waals surface area contributed by atoms with E-state index >= 15 is 0 Å². The summed E-state index contributed by atoms with van der Waals surface area (Å²) in [7, 11) is 0. The molecule has 0 aliphatic carbocycles. The van der Waals surface area contributed by atoms with Crippen LogP contribution in [-0.4, -0.2) is 4.98 Å². The number of H-pyrrole nitrogens is 1. The molecule has 1 aromatic rings. The molecule has 1 rings (SSSR count). The Morgan fingerprint density at radius 2 is 2.23 bits per heavy atom. The monoisotopic (exact) mass is 300 g/mol. The Balaban J connectivity index is 3.39. The summed E-state index contributed by atoms with van der Waals surface area (Å²) in [6.07, 6.45) is -2.78. The first-order chi connectivity index (χ1) is 6.06. The lowest BCUT2D eigenvalue weighted by molar-refractivity contribution is 0.148. The normalized spacial score (nSPS) is 10.8. The van der Waals surface area contributed by atoms with Crippen molar-refractivity contribution in [1.82, 2.24) is 4.98 Å². The summed E-state index contributed by atoms with van der Waals surface area (Å²) in [6.45, 7) is -0.0915. The number of halogens is 3. The smallest absolute Gasteiger partial charge is 0.269 e. The molecule has 0 aliphatic heterocycles. The molecule has 13 heavy (non-hydrogen) atoms. The van der Waals surface area contributed by atoms with E-state index < -0.39 is 17.4 Å². The summed E-state index contributed by atoms with van der Waals surface area (Å²) in [6, 6.07) is 1.13. The van der Waals surface area contributed by atoms with Gasteiger partial charge in [0.05, 0.1) is 9.26 Å². The van der Waals surface area contributed by atoms with Crippen molar-refractivity contribution in [3.63, 3.8) is 0 Å². The van der Waals surface area contributed by atoms with Crippen molar-refractivity contribution in [3.8, 4) is 0 Å². The average Bonchev–Trinajstić information content (AvgIpc) is 2.01. The van der Waals surface area contributed by atoms with Crippen molar-refractivity contribution in [2.45, 2.75) is 13.0 Å². The summed E-state index contributed by atoms with van der Waals surface area (Å²) in [5.41, 5.74) is 4.13. The van der Waals surface area contributed by atoms with E-state index in [-0.39, 0.29) is 12.2 Å². The van der Waals surface area contributed by atoms with Gasteiger partial charge in [0.15, 0.2) is 5.43 Å². The summed E-state index contributed by atoms with van der Waals surface area (Å²) >= 11 is 1.84. The molecule has 0 atom stereocenters. The van der Waals surface area contributed by atoms with Crippen molar-refractivity contribution < 1.29 is 8.78 Å². The predicted molar refractivity (Wildman–Crippen MR) is 52.6 cm³/mol. The molecule has 0 amide bonds. The molecule has 0 saturated carbocycles. The number of rotatable bonds is 2. The Hall–Kier alpha value is -0.500. The van der Waals surface area contributed by atoms with Crippen LogP contribution in [0.3, 0.4) is 0 Å². The SMILES string of the molecule is NCc1[nH]c(I)cc(=O)c1C(F)F. The molecule has 3 N–H and O–H groups in total. The topological polar surface area (TPSA) is 58.9 Å². The Labute approximate surface area is 86.5 Å². The number of nitrogens with two attached hydrogens (primary N) is 1. The molecule has 0 aromatic carbocycles. The van der Waals surface area contributed by atoms with Gasteiger partial charge < -0.3 is 10.7 Å². The van der Waals surface area contributed by atoms with Crippen LogP contribution in [0.25, 0.3) is 0 Å². The van der Waals surface area contributed by atoms with Crippen molar-refractivity contribution in [1.29, 1.82) is 0 Å². The standard InChI is InChI=1S/C7H7F2IN2O/c8-7(9)6-3(2-11)12-5(10)1-4(6)13/h1,7H,2,11H2,(H,12,13). The lowest BCUT2D eigenvalue weighted by Gasteiger charge is -2.06. The van der Waals surface area contributed by atoms with E-state index in [9.17, 15) is 13.6 Å². The first-order valence-electron chi connectivity index (χ1n) is 3.46. The van der Waals surface area contributed by atoms with Crippen LogP contribution in [0.5, 0.6) is 0 Å². The lowest BCUT2D eigenvalue weighted by Crippen LogP contribution is -2.17. The molecule has 0 aliphatic rings. The van der Waals surface area contributed by atoms with Crippen molar-refractivity contribution in [2.24, 2.45) is 5.73 Å². The highest BCUT2D eigenvalue weighted by Gasteiger charge is 2.17. The van der Waals surface area contributed by atoms with Crippen LogP contribution >= 0.6 is 22.6 Å². The predicted octanol–water partition coefficient (Wildman–Crippen LogP) is 1.38. The minimum atomic E-state index is -2.78. The minimum absolute atomic E-state index is 0.0915. The molecule has 3 nitrogen and oxygen atoms in total. The van der Waals surface area contributed by atoms with Crippen molar-refractivity contribution in [3.05, 3.63) is 31.2 Å². The molecular formula is C7H7F2IN2O. The fraction of sp³-hybridized carbons (Fsp3) is 0.286. The zero-order chi connectivity index (χ0) is 10.0. The Morgan fingerprint density at radius 1 is 1.62 bits per heavy atom. The lowest BCUT2D eigenvalue weighted by atomic mass is 10.2. The molecule has 1 heterocycles. The second-order valence-electron chi connectivity index (χ2n) is 2.38. The van der Waals surface area contributed by atoms with Gasteiger partial charge in [-0.1, -0.05) is 0 Å². The van der Waals surface area contributed by atoms with Gasteiger partial charge in [-0.05, 0) is 22.6 Å². The van der Waals surface area contributed by atoms with E-state index in [0.29, 0.717) is 3.70 Å². The second kappa shape index (κ2) is 4.14. The average molecular weight is 300 g/mol. The molecule has 0 saturated heterocycles. The summed E-state index contributed by atoms with van der Waals surface area (Å²) in [4.78, 5) is 13.7. The molecule has 0 bridgehead atoms. The summed E-state index contributed by atoms with van der Waals surface area (Å²) in [5.74, 6) is 0. The van der Waals surface area contributed by atoms with E-state index in [1.165, 1.54) is 0 Å². The van der Waals surface area contributed by atoms with E-state index in [1.807, 2.05) is 22.6 Å². The first kappa shape index (κ1) is 10.6. The van der Waals surface area contributed by atoms with Gasteiger partial charge in [-0.3, -0.25) is 4.79 Å².